The van der Waals surface area contributed by atoms with Gasteiger partial charge in [-0.05, 0) is 19.9 Å². The molecule has 0 unspecified atom stereocenters. The number of nitrogens with zero attached hydrogens (tertiary/aromatic N) is 1. The zero-order valence-electron chi connectivity index (χ0n) is 9.07. The molecule has 1 aromatic carbocycles. The Bertz CT molecular complexity index is 411. The standard InChI is InChI=1S/C11H13FN2O2/c1-11(2,16)10(15)14-13-7-8-5-3-4-6-9(8)12/h3-7,16H,1-2H3,(H,14,15). The molecule has 16 heavy (non-hydrogen) atoms. The average Bonchev–Trinajstić information content (AvgIpc) is 2.19. The number of carbonyl (C=O) groups excluding carboxylic acids is 1. The number of amides is 1. The van der Waals surface area contributed by atoms with Crippen LogP contribution in [0.5, 0.6) is 0 Å². The first-order valence-electron chi connectivity index (χ1n) is 4.71. The van der Waals surface area contributed by atoms with Gasteiger partial charge < -0.3 is 5.11 Å². The molecule has 0 aliphatic heterocycles. The number of hydrazone groups is 1. The van der Waals surface area contributed by atoms with E-state index in [1.807, 2.05) is 0 Å². The Morgan fingerprint density at radius 3 is 2.69 bits per heavy atom. The van der Waals surface area contributed by atoms with Gasteiger partial charge in [-0.15, -0.1) is 0 Å². The van der Waals surface area contributed by atoms with E-state index in [0.717, 1.165) is 0 Å². The van der Waals surface area contributed by atoms with Crippen molar-refractivity contribution in [3.8, 4) is 0 Å². The van der Waals surface area contributed by atoms with Gasteiger partial charge in [0.05, 0.1) is 6.21 Å². The fourth-order valence-corrected chi connectivity index (χ4v) is 0.877. The first kappa shape index (κ1) is 12.3. The molecule has 0 radical (unpaired) electrons. The molecule has 5 heteroatoms. The van der Waals surface area contributed by atoms with Crippen LogP contribution in [0.1, 0.15) is 19.4 Å². The predicted octanol–water partition coefficient (Wildman–Crippen LogP) is 1.05. The number of halogens is 1. The van der Waals surface area contributed by atoms with Gasteiger partial charge in [-0.1, -0.05) is 18.2 Å². The summed E-state index contributed by atoms with van der Waals surface area (Å²) in [5.41, 5.74) is 0.867. The van der Waals surface area contributed by atoms with Gasteiger partial charge in [0.1, 0.15) is 11.4 Å². The Kier molecular flexibility index (Phi) is 3.73. The highest BCUT2D eigenvalue weighted by Gasteiger charge is 2.22. The van der Waals surface area contributed by atoms with E-state index in [2.05, 4.69) is 10.5 Å². The molecule has 86 valence electrons. The van der Waals surface area contributed by atoms with Gasteiger partial charge >= 0.3 is 0 Å². The lowest BCUT2D eigenvalue weighted by atomic mass is 10.1. The summed E-state index contributed by atoms with van der Waals surface area (Å²) in [7, 11) is 0. The Hall–Kier alpha value is -1.75. The number of benzene rings is 1. The molecule has 2 N–H and O–H groups in total. The lowest BCUT2D eigenvalue weighted by Crippen LogP contribution is -2.39. The highest BCUT2D eigenvalue weighted by molar-refractivity contribution is 5.86. The van der Waals surface area contributed by atoms with Crippen LogP contribution in [0.25, 0.3) is 0 Å². The quantitative estimate of drug-likeness (QED) is 0.595. The van der Waals surface area contributed by atoms with E-state index in [9.17, 15) is 14.3 Å². The summed E-state index contributed by atoms with van der Waals surface area (Å²) in [5, 5.41) is 12.8. The minimum Gasteiger partial charge on any atom is -0.381 e. The van der Waals surface area contributed by atoms with Gasteiger partial charge in [-0.25, -0.2) is 9.82 Å². The summed E-state index contributed by atoms with van der Waals surface area (Å²) >= 11 is 0. The van der Waals surface area contributed by atoms with Crippen molar-refractivity contribution < 1.29 is 14.3 Å². The van der Waals surface area contributed by atoms with Crippen LogP contribution >= 0.6 is 0 Å². The lowest BCUT2D eigenvalue weighted by molar-refractivity contribution is -0.136. The number of hydrogen-bond donors (Lipinski definition) is 2. The summed E-state index contributed by atoms with van der Waals surface area (Å²) in [4.78, 5) is 11.2. The molecule has 1 rings (SSSR count). The zero-order chi connectivity index (χ0) is 12.2. The molecule has 4 nitrogen and oxygen atoms in total. The molecule has 0 aliphatic carbocycles. The molecule has 0 bridgehead atoms. The normalized spacial score (nSPS) is 11.8. The van der Waals surface area contributed by atoms with Crippen LogP contribution in [0.4, 0.5) is 4.39 Å². The molecular weight excluding hydrogens is 211 g/mol. The number of hydrogen-bond acceptors (Lipinski definition) is 3. The maximum atomic E-state index is 13.1. The van der Waals surface area contributed by atoms with Crippen molar-refractivity contribution in [3.05, 3.63) is 35.6 Å². The summed E-state index contributed by atoms with van der Waals surface area (Å²) in [6.07, 6.45) is 1.18. The van der Waals surface area contributed by atoms with Gasteiger partial charge in [0, 0.05) is 5.56 Å². The molecule has 0 saturated carbocycles. The summed E-state index contributed by atoms with van der Waals surface area (Å²) in [5.74, 6) is -1.08. The molecule has 0 atom stereocenters. The van der Waals surface area contributed by atoms with Crippen molar-refractivity contribution in [2.45, 2.75) is 19.4 Å². The molecule has 0 aliphatic rings. The largest absolute Gasteiger partial charge is 0.381 e. The van der Waals surface area contributed by atoms with Crippen LogP contribution < -0.4 is 5.43 Å². The van der Waals surface area contributed by atoms with Crippen LogP contribution in [0.15, 0.2) is 29.4 Å². The first-order chi connectivity index (χ1) is 7.41. The van der Waals surface area contributed by atoms with Crippen molar-refractivity contribution in [1.29, 1.82) is 0 Å². The molecule has 1 aromatic rings. The third-order valence-corrected chi connectivity index (χ3v) is 1.83. The third kappa shape index (κ3) is 3.43. The van der Waals surface area contributed by atoms with Crippen molar-refractivity contribution in [2.75, 3.05) is 0 Å². The van der Waals surface area contributed by atoms with Crippen molar-refractivity contribution in [3.63, 3.8) is 0 Å². The topological polar surface area (TPSA) is 61.7 Å². The molecule has 0 saturated heterocycles. The fraction of sp³-hybridized carbons (Fsp3) is 0.273. The Morgan fingerprint density at radius 1 is 1.50 bits per heavy atom. The van der Waals surface area contributed by atoms with Crippen LogP contribution in [-0.2, 0) is 4.79 Å². The second-order valence-electron chi connectivity index (χ2n) is 3.78. The van der Waals surface area contributed by atoms with E-state index in [1.165, 1.54) is 32.2 Å². The number of carbonyl (C=O) groups is 1. The fourth-order valence-electron chi connectivity index (χ4n) is 0.877. The maximum Gasteiger partial charge on any atom is 0.271 e. The molecule has 0 fully saturated rings. The smallest absolute Gasteiger partial charge is 0.271 e. The minimum atomic E-state index is -1.51. The van der Waals surface area contributed by atoms with E-state index >= 15 is 0 Å². The number of nitrogens with one attached hydrogen (secondary N) is 1. The highest BCUT2D eigenvalue weighted by Crippen LogP contribution is 2.03. The van der Waals surface area contributed by atoms with E-state index in [1.54, 1.807) is 12.1 Å². The number of rotatable bonds is 3. The van der Waals surface area contributed by atoms with E-state index < -0.39 is 17.3 Å². The second kappa shape index (κ2) is 4.85. The molecule has 0 heterocycles. The van der Waals surface area contributed by atoms with Crippen molar-refractivity contribution in [2.24, 2.45) is 5.10 Å². The molecule has 1 amide bonds. The molecule has 0 spiro atoms. The minimum absolute atomic E-state index is 0.263. The van der Waals surface area contributed by atoms with Crippen LogP contribution in [0, 0.1) is 5.82 Å². The van der Waals surface area contributed by atoms with Gasteiger partial charge in [0.2, 0.25) is 0 Å². The Morgan fingerprint density at radius 2 is 2.12 bits per heavy atom. The first-order valence-corrected chi connectivity index (χ1v) is 4.71. The predicted molar refractivity (Wildman–Crippen MR) is 58.4 cm³/mol. The monoisotopic (exact) mass is 224 g/mol. The second-order valence-corrected chi connectivity index (χ2v) is 3.78. The maximum absolute atomic E-state index is 13.1. The summed E-state index contributed by atoms with van der Waals surface area (Å²) < 4.78 is 13.1. The van der Waals surface area contributed by atoms with E-state index in [0.29, 0.717) is 0 Å². The van der Waals surface area contributed by atoms with Gasteiger partial charge in [-0.2, -0.15) is 5.10 Å². The van der Waals surface area contributed by atoms with Crippen LogP contribution in [-0.4, -0.2) is 22.8 Å². The zero-order valence-corrected chi connectivity index (χ0v) is 9.07. The third-order valence-electron chi connectivity index (χ3n) is 1.83. The van der Waals surface area contributed by atoms with Crippen molar-refractivity contribution in [1.82, 2.24) is 5.43 Å². The van der Waals surface area contributed by atoms with Gasteiger partial charge in [-0.3, -0.25) is 4.79 Å². The van der Waals surface area contributed by atoms with Gasteiger partial charge in [0.25, 0.3) is 5.91 Å². The summed E-state index contributed by atoms with van der Waals surface area (Å²) in [6.45, 7) is 2.67. The van der Waals surface area contributed by atoms with E-state index in [-0.39, 0.29) is 5.56 Å². The van der Waals surface area contributed by atoms with Crippen LogP contribution in [0.3, 0.4) is 0 Å². The molecule has 0 aromatic heterocycles. The van der Waals surface area contributed by atoms with Crippen LogP contribution in [0.2, 0.25) is 0 Å². The average molecular weight is 224 g/mol. The van der Waals surface area contributed by atoms with Crippen molar-refractivity contribution >= 4 is 12.1 Å². The Balaban J connectivity index is 2.63. The van der Waals surface area contributed by atoms with Gasteiger partial charge in [0.15, 0.2) is 0 Å². The number of aliphatic hydroxyl groups is 1. The molecular formula is C11H13FN2O2. The SMILES string of the molecule is CC(C)(O)C(=O)NN=Cc1ccccc1F. The Labute approximate surface area is 92.8 Å². The highest BCUT2D eigenvalue weighted by atomic mass is 19.1. The summed E-state index contributed by atoms with van der Waals surface area (Å²) in [6, 6.07) is 6.03. The van der Waals surface area contributed by atoms with E-state index in [4.69, 9.17) is 0 Å². The lowest BCUT2D eigenvalue weighted by Gasteiger charge is -2.13.